The maximum atomic E-state index is 12.4. The van der Waals surface area contributed by atoms with E-state index in [0.717, 1.165) is 12.8 Å². The summed E-state index contributed by atoms with van der Waals surface area (Å²) in [5.74, 6) is -1.44. The minimum Gasteiger partial charge on any atom is -0.449 e. The Kier molecular flexibility index (Phi) is 6.48. The number of carbonyl (C=O) groups is 2. The number of benzene rings is 2. The molecule has 0 radical (unpaired) electrons. The molecule has 0 aliphatic heterocycles. The van der Waals surface area contributed by atoms with Gasteiger partial charge < -0.3 is 10.1 Å². The van der Waals surface area contributed by atoms with Crippen LogP contribution in [0.5, 0.6) is 0 Å². The first-order valence-electron chi connectivity index (χ1n) is 8.75. The number of hydrogen-bond donors (Lipinski definition) is 2. The topological polar surface area (TPSA) is 102 Å². The average molecular weight is 457 g/mol. The van der Waals surface area contributed by atoms with Crippen molar-refractivity contribution in [3.8, 4) is 0 Å². The number of nitrogens with one attached hydrogen (secondary N) is 2. The predicted octanol–water partition coefficient (Wildman–Crippen LogP) is 3.62. The highest BCUT2D eigenvalue weighted by atomic mass is 35.5. The molecule has 1 aliphatic rings. The van der Waals surface area contributed by atoms with E-state index in [4.69, 9.17) is 27.9 Å². The lowest BCUT2D eigenvalue weighted by Gasteiger charge is -2.15. The van der Waals surface area contributed by atoms with Gasteiger partial charge in [0, 0.05) is 11.1 Å². The maximum absolute atomic E-state index is 12.4. The molecule has 1 amide bonds. The van der Waals surface area contributed by atoms with Crippen LogP contribution in [0.4, 0.5) is 5.69 Å². The lowest BCUT2D eigenvalue weighted by Crippen LogP contribution is -2.30. The molecule has 2 aromatic carbocycles. The van der Waals surface area contributed by atoms with E-state index in [-0.39, 0.29) is 27.2 Å². The van der Waals surface area contributed by atoms with Gasteiger partial charge in [-0.2, -0.15) is 0 Å². The summed E-state index contributed by atoms with van der Waals surface area (Å²) in [6.07, 6.45) is 0.441. The van der Waals surface area contributed by atoms with E-state index in [1.165, 1.54) is 43.3 Å². The fraction of sp³-hybridized carbons (Fsp3) is 0.263. The zero-order valence-electron chi connectivity index (χ0n) is 15.3. The van der Waals surface area contributed by atoms with Gasteiger partial charge in [0.15, 0.2) is 6.10 Å². The summed E-state index contributed by atoms with van der Waals surface area (Å²) in [6, 6.07) is 9.96. The second-order valence-corrected chi connectivity index (χ2v) is 9.14. The zero-order chi connectivity index (χ0) is 21.2. The fourth-order valence-electron chi connectivity index (χ4n) is 2.39. The highest BCUT2D eigenvalue weighted by Crippen LogP contribution is 2.26. The van der Waals surface area contributed by atoms with Crippen molar-refractivity contribution in [2.24, 2.45) is 0 Å². The number of anilines is 1. The normalized spacial score (nSPS) is 14.9. The Morgan fingerprint density at radius 2 is 1.86 bits per heavy atom. The van der Waals surface area contributed by atoms with Gasteiger partial charge in [-0.25, -0.2) is 17.9 Å². The first-order chi connectivity index (χ1) is 13.7. The van der Waals surface area contributed by atoms with Crippen molar-refractivity contribution in [1.82, 2.24) is 4.72 Å². The molecular weight excluding hydrogens is 439 g/mol. The molecule has 0 aromatic heterocycles. The van der Waals surface area contributed by atoms with Crippen molar-refractivity contribution < 1.29 is 22.7 Å². The number of halogens is 2. The molecule has 2 aromatic rings. The standard InChI is InChI=1S/C19H18Cl2N2O5S/c1-11(18(24)22-17-10-13(20)5-8-16(17)21)28-19(25)12-3-2-4-15(9-12)29(26,27)23-14-6-7-14/h2-5,8-11,14,23H,6-7H2,1H3,(H,22,24). The van der Waals surface area contributed by atoms with Crippen LogP contribution in [0.3, 0.4) is 0 Å². The third-order valence-electron chi connectivity index (χ3n) is 4.12. The van der Waals surface area contributed by atoms with Crippen LogP contribution < -0.4 is 10.0 Å². The number of ether oxygens (including phenoxy) is 1. The third kappa shape index (κ3) is 5.70. The summed E-state index contributed by atoms with van der Waals surface area (Å²) in [6.45, 7) is 1.39. The van der Waals surface area contributed by atoms with E-state index in [2.05, 4.69) is 10.0 Å². The van der Waals surface area contributed by atoms with Crippen LogP contribution in [-0.2, 0) is 19.6 Å². The number of sulfonamides is 1. The van der Waals surface area contributed by atoms with Crippen LogP contribution >= 0.6 is 23.2 Å². The fourth-order valence-corrected chi connectivity index (χ4v) is 4.08. The molecule has 1 atom stereocenters. The lowest BCUT2D eigenvalue weighted by atomic mass is 10.2. The monoisotopic (exact) mass is 456 g/mol. The van der Waals surface area contributed by atoms with Crippen molar-refractivity contribution in [3.63, 3.8) is 0 Å². The number of hydrogen-bond acceptors (Lipinski definition) is 5. The molecular formula is C19H18Cl2N2O5S. The van der Waals surface area contributed by atoms with E-state index >= 15 is 0 Å². The summed E-state index contributed by atoms with van der Waals surface area (Å²) < 4.78 is 32.3. The second kappa shape index (κ2) is 8.71. The van der Waals surface area contributed by atoms with E-state index < -0.39 is 28.0 Å². The van der Waals surface area contributed by atoms with E-state index in [0.29, 0.717) is 5.02 Å². The lowest BCUT2D eigenvalue weighted by molar-refractivity contribution is -0.123. The van der Waals surface area contributed by atoms with Gasteiger partial charge in [0.25, 0.3) is 5.91 Å². The second-order valence-electron chi connectivity index (χ2n) is 6.58. The molecule has 10 heteroatoms. The first kappa shape index (κ1) is 21.6. The van der Waals surface area contributed by atoms with Gasteiger partial charge in [-0.15, -0.1) is 0 Å². The number of carbonyl (C=O) groups excluding carboxylic acids is 2. The molecule has 1 unspecified atom stereocenters. The maximum Gasteiger partial charge on any atom is 0.338 e. The van der Waals surface area contributed by atoms with Gasteiger partial charge in [0.2, 0.25) is 10.0 Å². The van der Waals surface area contributed by atoms with Crippen LogP contribution in [0.15, 0.2) is 47.4 Å². The largest absolute Gasteiger partial charge is 0.449 e. The Balaban J connectivity index is 1.67. The molecule has 1 aliphatic carbocycles. The Bertz CT molecular complexity index is 1050. The predicted molar refractivity (Wildman–Crippen MR) is 110 cm³/mol. The molecule has 0 saturated heterocycles. The Morgan fingerprint density at radius 1 is 1.14 bits per heavy atom. The quantitative estimate of drug-likeness (QED) is 0.619. The molecule has 29 heavy (non-hydrogen) atoms. The van der Waals surface area contributed by atoms with E-state index in [1.54, 1.807) is 6.07 Å². The van der Waals surface area contributed by atoms with Gasteiger partial charge >= 0.3 is 5.97 Å². The molecule has 1 saturated carbocycles. The molecule has 0 heterocycles. The number of amides is 1. The highest BCUT2D eigenvalue weighted by molar-refractivity contribution is 7.89. The van der Waals surface area contributed by atoms with Gasteiger partial charge in [0.1, 0.15) is 0 Å². The smallest absolute Gasteiger partial charge is 0.338 e. The molecule has 7 nitrogen and oxygen atoms in total. The molecule has 3 rings (SSSR count). The Hall–Kier alpha value is -2.13. The van der Waals surface area contributed by atoms with Crippen molar-refractivity contribution in [2.75, 3.05) is 5.32 Å². The van der Waals surface area contributed by atoms with Crippen molar-refractivity contribution in [2.45, 2.75) is 36.8 Å². The van der Waals surface area contributed by atoms with Crippen LogP contribution in [0, 0.1) is 0 Å². The summed E-state index contributed by atoms with van der Waals surface area (Å²) in [4.78, 5) is 24.6. The Labute approximate surface area is 178 Å². The minimum atomic E-state index is -3.71. The minimum absolute atomic E-state index is 0.0177. The Morgan fingerprint density at radius 3 is 2.55 bits per heavy atom. The molecule has 0 spiro atoms. The van der Waals surface area contributed by atoms with Crippen LogP contribution in [0.1, 0.15) is 30.1 Å². The van der Waals surface area contributed by atoms with Gasteiger partial charge in [-0.3, -0.25) is 4.79 Å². The molecule has 0 bridgehead atoms. The molecule has 1 fully saturated rings. The zero-order valence-corrected chi connectivity index (χ0v) is 17.6. The van der Waals surface area contributed by atoms with Crippen LogP contribution in [0.25, 0.3) is 0 Å². The molecule has 2 N–H and O–H groups in total. The number of esters is 1. The highest BCUT2D eigenvalue weighted by Gasteiger charge is 2.28. The van der Waals surface area contributed by atoms with Crippen molar-refractivity contribution in [1.29, 1.82) is 0 Å². The summed E-state index contributed by atoms with van der Waals surface area (Å²) in [5, 5.41) is 3.19. The van der Waals surface area contributed by atoms with Crippen molar-refractivity contribution >= 4 is 50.8 Å². The van der Waals surface area contributed by atoms with Gasteiger partial charge in [0.05, 0.1) is 21.2 Å². The van der Waals surface area contributed by atoms with Crippen LogP contribution in [0.2, 0.25) is 10.0 Å². The van der Waals surface area contributed by atoms with E-state index in [1.807, 2.05) is 0 Å². The van der Waals surface area contributed by atoms with E-state index in [9.17, 15) is 18.0 Å². The van der Waals surface area contributed by atoms with Gasteiger partial charge in [-0.1, -0.05) is 29.3 Å². The third-order valence-corrected chi connectivity index (χ3v) is 6.20. The van der Waals surface area contributed by atoms with Gasteiger partial charge in [-0.05, 0) is 56.2 Å². The van der Waals surface area contributed by atoms with Crippen molar-refractivity contribution in [3.05, 3.63) is 58.1 Å². The summed E-state index contributed by atoms with van der Waals surface area (Å²) in [5.41, 5.74) is 0.301. The summed E-state index contributed by atoms with van der Waals surface area (Å²) in [7, 11) is -3.71. The molecule has 154 valence electrons. The number of rotatable bonds is 7. The van der Waals surface area contributed by atoms with Crippen LogP contribution in [-0.4, -0.2) is 32.4 Å². The SMILES string of the molecule is CC(OC(=O)c1cccc(S(=O)(=O)NC2CC2)c1)C(=O)Nc1cc(Cl)ccc1Cl. The first-order valence-corrected chi connectivity index (χ1v) is 11.0. The average Bonchev–Trinajstić information content (AvgIpc) is 3.48. The summed E-state index contributed by atoms with van der Waals surface area (Å²) >= 11 is 11.9.